The minimum atomic E-state index is -0.331. The Morgan fingerprint density at radius 3 is 1.74 bits per heavy atom. The highest BCUT2D eigenvalue weighted by atomic mass is 16.5. The molecule has 0 spiro atoms. The van der Waals surface area contributed by atoms with Crippen LogP contribution in [0.5, 0.6) is 0 Å². The van der Waals surface area contributed by atoms with Crippen LogP contribution in [0, 0.1) is 0 Å². The van der Waals surface area contributed by atoms with Gasteiger partial charge in [0.1, 0.15) is 12.6 Å². The molecular weight excluding hydrogens is 286 g/mol. The molecule has 0 radical (unpaired) electrons. The molecule has 0 aliphatic heterocycles. The molecule has 1 atom stereocenters. The van der Waals surface area contributed by atoms with Crippen LogP contribution >= 0.6 is 0 Å². The lowest BCUT2D eigenvalue weighted by molar-refractivity contribution is -0.909. The predicted molar refractivity (Wildman–Crippen MR) is 101 cm³/mol. The van der Waals surface area contributed by atoms with Gasteiger partial charge in [0.15, 0.2) is 0 Å². The van der Waals surface area contributed by atoms with Gasteiger partial charge in [-0.3, -0.25) is 0 Å². The summed E-state index contributed by atoms with van der Waals surface area (Å²) in [5.41, 5.74) is 0. The van der Waals surface area contributed by atoms with Gasteiger partial charge in [-0.05, 0) is 20.3 Å². The van der Waals surface area contributed by atoms with Crippen molar-refractivity contribution in [3.8, 4) is 0 Å². The van der Waals surface area contributed by atoms with Crippen LogP contribution in [0.25, 0.3) is 0 Å². The van der Waals surface area contributed by atoms with Crippen LogP contribution in [-0.4, -0.2) is 55.6 Å². The molecule has 1 N–H and O–H groups in total. The summed E-state index contributed by atoms with van der Waals surface area (Å²) in [7, 11) is 2.20. The first-order valence-electron chi connectivity index (χ1n) is 10.2. The van der Waals surface area contributed by atoms with Crippen LogP contribution in [0.1, 0.15) is 85.0 Å². The fraction of sp³-hybridized carbons (Fsp3) is 1.00. The van der Waals surface area contributed by atoms with Crippen LogP contribution in [0.2, 0.25) is 0 Å². The SMILES string of the molecule is CCCCCCCCCCCCOCC(O)C[N+](C)(CC)CC. The molecule has 0 aliphatic rings. The van der Waals surface area contributed by atoms with Gasteiger partial charge in [-0.25, -0.2) is 0 Å². The Labute approximate surface area is 146 Å². The number of likely N-dealkylation sites (N-methyl/N-ethyl adjacent to an activating group) is 1. The zero-order valence-electron chi connectivity index (χ0n) is 16.5. The first kappa shape index (κ1) is 22.9. The van der Waals surface area contributed by atoms with E-state index in [1.165, 1.54) is 57.8 Å². The maximum Gasteiger partial charge on any atom is 0.126 e. The quantitative estimate of drug-likeness (QED) is 0.307. The lowest BCUT2D eigenvalue weighted by atomic mass is 10.1. The van der Waals surface area contributed by atoms with Gasteiger partial charge >= 0.3 is 0 Å². The van der Waals surface area contributed by atoms with E-state index in [4.69, 9.17) is 4.74 Å². The number of quaternary nitrogens is 1. The van der Waals surface area contributed by atoms with E-state index in [0.29, 0.717) is 6.61 Å². The van der Waals surface area contributed by atoms with Crippen molar-refractivity contribution in [1.82, 2.24) is 0 Å². The molecule has 0 aromatic carbocycles. The molecule has 0 aliphatic carbocycles. The highest BCUT2D eigenvalue weighted by Gasteiger charge is 2.21. The Bertz CT molecular complexity index is 242. The van der Waals surface area contributed by atoms with Crippen molar-refractivity contribution < 1.29 is 14.3 Å². The van der Waals surface area contributed by atoms with Gasteiger partial charge in [0.25, 0.3) is 0 Å². The summed E-state index contributed by atoms with van der Waals surface area (Å²) in [6.07, 6.45) is 13.2. The summed E-state index contributed by atoms with van der Waals surface area (Å²) < 4.78 is 6.56. The molecule has 0 fully saturated rings. The topological polar surface area (TPSA) is 29.5 Å². The van der Waals surface area contributed by atoms with E-state index in [1.807, 2.05) is 0 Å². The average molecular weight is 331 g/mol. The van der Waals surface area contributed by atoms with Crippen LogP contribution < -0.4 is 0 Å². The Kier molecular flexibility index (Phi) is 15.3. The molecular formula is C20H44NO2+. The van der Waals surface area contributed by atoms with Gasteiger partial charge in [-0.2, -0.15) is 0 Å². The van der Waals surface area contributed by atoms with Crippen LogP contribution in [0.3, 0.4) is 0 Å². The van der Waals surface area contributed by atoms with E-state index in [-0.39, 0.29) is 6.10 Å². The second kappa shape index (κ2) is 15.4. The van der Waals surface area contributed by atoms with E-state index in [2.05, 4.69) is 27.8 Å². The number of aliphatic hydroxyl groups is 1. The van der Waals surface area contributed by atoms with Crippen molar-refractivity contribution in [2.24, 2.45) is 0 Å². The Balaban J connectivity index is 3.33. The van der Waals surface area contributed by atoms with Crippen molar-refractivity contribution >= 4 is 0 Å². The molecule has 0 amide bonds. The van der Waals surface area contributed by atoms with Gasteiger partial charge in [-0.15, -0.1) is 0 Å². The average Bonchev–Trinajstić information content (AvgIpc) is 2.55. The van der Waals surface area contributed by atoms with E-state index in [0.717, 1.165) is 37.1 Å². The Morgan fingerprint density at radius 2 is 1.26 bits per heavy atom. The summed E-state index contributed by atoms with van der Waals surface area (Å²) in [5, 5.41) is 10.1. The van der Waals surface area contributed by atoms with Gasteiger partial charge in [0, 0.05) is 6.61 Å². The third-order valence-electron chi connectivity index (χ3n) is 5.13. The first-order chi connectivity index (χ1) is 11.1. The third-order valence-corrected chi connectivity index (χ3v) is 5.13. The molecule has 140 valence electrons. The summed E-state index contributed by atoms with van der Waals surface area (Å²) in [4.78, 5) is 0. The van der Waals surface area contributed by atoms with Crippen molar-refractivity contribution in [1.29, 1.82) is 0 Å². The van der Waals surface area contributed by atoms with E-state index in [1.54, 1.807) is 0 Å². The molecule has 0 saturated carbocycles. The van der Waals surface area contributed by atoms with Crippen LogP contribution in [0.4, 0.5) is 0 Å². The molecule has 1 unspecified atom stereocenters. The van der Waals surface area contributed by atoms with Crippen LogP contribution in [-0.2, 0) is 4.74 Å². The largest absolute Gasteiger partial charge is 0.385 e. The number of rotatable bonds is 17. The standard InChI is InChI=1S/C20H44NO2/c1-5-8-9-10-11-12-13-14-15-16-17-23-19-20(22)18-21(4,6-2)7-3/h20,22H,5-19H2,1-4H3/q+1. The predicted octanol–water partition coefficient (Wildman–Crippen LogP) is 4.77. The van der Waals surface area contributed by atoms with Crippen molar-refractivity contribution in [3.05, 3.63) is 0 Å². The number of ether oxygens (including phenoxy) is 1. The van der Waals surface area contributed by atoms with E-state index in [9.17, 15) is 5.11 Å². The fourth-order valence-electron chi connectivity index (χ4n) is 2.95. The fourth-order valence-corrected chi connectivity index (χ4v) is 2.95. The maximum atomic E-state index is 10.1. The highest BCUT2D eigenvalue weighted by Crippen LogP contribution is 2.10. The minimum Gasteiger partial charge on any atom is -0.385 e. The number of hydrogen-bond donors (Lipinski definition) is 1. The van der Waals surface area contributed by atoms with Gasteiger partial charge < -0.3 is 14.3 Å². The summed E-state index contributed by atoms with van der Waals surface area (Å²) in [6.45, 7) is 10.8. The molecule has 0 saturated heterocycles. The van der Waals surface area contributed by atoms with Gasteiger partial charge in [0.05, 0.1) is 26.7 Å². The molecule has 23 heavy (non-hydrogen) atoms. The lowest BCUT2D eigenvalue weighted by Crippen LogP contribution is -2.49. The lowest BCUT2D eigenvalue weighted by Gasteiger charge is -2.33. The molecule has 0 aromatic rings. The Hall–Kier alpha value is -0.120. The molecule has 0 aromatic heterocycles. The molecule has 0 heterocycles. The molecule has 3 nitrogen and oxygen atoms in total. The van der Waals surface area contributed by atoms with Crippen molar-refractivity contribution in [3.63, 3.8) is 0 Å². The molecule has 3 heteroatoms. The minimum absolute atomic E-state index is 0.331. The zero-order chi connectivity index (χ0) is 17.4. The monoisotopic (exact) mass is 330 g/mol. The van der Waals surface area contributed by atoms with E-state index >= 15 is 0 Å². The van der Waals surface area contributed by atoms with Gasteiger partial charge in [-0.1, -0.05) is 64.7 Å². The zero-order valence-corrected chi connectivity index (χ0v) is 16.5. The number of nitrogens with zero attached hydrogens (tertiary/aromatic N) is 1. The molecule has 0 rings (SSSR count). The van der Waals surface area contributed by atoms with Crippen LogP contribution in [0.15, 0.2) is 0 Å². The third kappa shape index (κ3) is 14.0. The number of unbranched alkanes of at least 4 members (excludes halogenated alkanes) is 9. The second-order valence-electron chi connectivity index (χ2n) is 7.35. The second-order valence-corrected chi connectivity index (χ2v) is 7.35. The van der Waals surface area contributed by atoms with Crippen molar-refractivity contribution in [2.45, 2.75) is 91.1 Å². The van der Waals surface area contributed by atoms with Gasteiger partial charge in [0.2, 0.25) is 0 Å². The highest BCUT2D eigenvalue weighted by molar-refractivity contribution is 4.53. The smallest absolute Gasteiger partial charge is 0.126 e. The summed E-state index contributed by atoms with van der Waals surface area (Å²) in [5.74, 6) is 0. The number of aliphatic hydroxyl groups excluding tert-OH is 1. The number of hydrogen-bond acceptors (Lipinski definition) is 2. The van der Waals surface area contributed by atoms with Crippen molar-refractivity contribution in [2.75, 3.05) is 39.9 Å². The van der Waals surface area contributed by atoms with E-state index < -0.39 is 0 Å². The summed E-state index contributed by atoms with van der Waals surface area (Å²) in [6, 6.07) is 0. The normalized spacial score (nSPS) is 13.4. The Morgan fingerprint density at radius 1 is 0.783 bits per heavy atom. The molecule has 0 bridgehead atoms. The maximum absolute atomic E-state index is 10.1. The first-order valence-corrected chi connectivity index (χ1v) is 10.2. The summed E-state index contributed by atoms with van der Waals surface area (Å²) >= 11 is 0.